The quantitative estimate of drug-likeness (QED) is 0.128. The number of fused-ring (bicyclic) bond motifs is 5. The van der Waals surface area contributed by atoms with E-state index in [9.17, 15) is 9.59 Å². The summed E-state index contributed by atoms with van der Waals surface area (Å²) in [6.45, 7) is 20.1. The van der Waals surface area contributed by atoms with E-state index in [1.807, 2.05) is 18.7 Å². The van der Waals surface area contributed by atoms with Gasteiger partial charge in [-0.2, -0.15) is 0 Å². The minimum Gasteiger partial charge on any atom is -0.462 e. The fraction of sp³-hybridized carbons (Fsp3) is 0.902. The molecule has 0 aromatic rings. The van der Waals surface area contributed by atoms with Gasteiger partial charge in [-0.05, 0) is 130 Å². The molecule has 3 fully saturated rings. The van der Waals surface area contributed by atoms with E-state index in [0.29, 0.717) is 18.5 Å². The third-order valence-corrected chi connectivity index (χ3v) is 14.2. The minimum atomic E-state index is -0.237. The smallest absolute Gasteiger partial charge is 0.306 e. The van der Waals surface area contributed by atoms with E-state index >= 15 is 0 Å². The van der Waals surface area contributed by atoms with E-state index in [4.69, 9.17) is 16.2 Å². The molecule has 0 radical (unpaired) electrons. The Morgan fingerprint density at radius 1 is 0.894 bits per heavy atom. The molecule has 0 aromatic heterocycles. The van der Waals surface area contributed by atoms with E-state index < -0.39 is 0 Å². The van der Waals surface area contributed by atoms with Crippen LogP contribution in [0.25, 0.3) is 0 Å². The molecule has 270 valence electrons. The molecule has 0 saturated heterocycles. The van der Waals surface area contributed by atoms with Gasteiger partial charge in [-0.3, -0.25) is 9.59 Å². The summed E-state index contributed by atoms with van der Waals surface area (Å²) in [5.74, 6) is 5.53. The first-order valence-electron chi connectivity index (χ1n) is 19.9. The van der Waals surface area contributed by atoms with Crippen LogP contribution in [0.4, 0.5) is 0 Å². The Bertz CT molecular complexity index is 1060. The van der Waals surface area contributed by atoms with Crippen molar-refractivity contribution in [1.82, 2.24) is 4.90 Å². The molecular weight excluding hydrogens is 582 g/mol. The number of amides is 1. The van der Waals surface area contributed by atoms with Crippen LogP contribution in [0, 0.1) is 52.3 Å². The summed E-state index contributed by atoms with van der Waals surface area (Å²) in [5.41, 5.74) is 14.2. The van der Waals surface area contributed by atoms with Crippen LogP contribution in [-0.2, 0) is 14.3 Å². The Labute approximate surface area is 289 Å². The highest BCUT2D eigenvalue weighted by Gasteiger charge is 2.59. The van der Waals surface area contributed by atoms with Crippen molar-refractivity contribution < 1.29 is 14.3 Å². The van der Waals surface area contributed by atoms with Gasteiger partial charge in [0.15, 0.2) is 0 Å². The first-order chi connectivity index (χ1) is 22.2. The summed E-state index contributed by atoms with van der Waals surface area (Å²) in [5, 5.41) is 0. The molecule has 47 heavy (non-hydrogen) atoms. The van der Waals surface area contributed by atoms with Gasteiger partial charge >= 0.3 is 5.97 Å². The summed E-state index contributed by atoms with van der Waals surface area (Å²) in [4.78, 5) is 27.8. The number of hydrogen-bond donors (Lipinski definition) is 2. The lowest BCUT2D eigenvalue weighted by Gasteiger charge is -2.58. The third kappa shape index (κ3) is 9.04. The Hall–Kier alpha value is -1.40. The topological polar surface area (TPSA) is 98.7 Å². The highest BCUT2D eigenvalue weighted by atomic mass is 16.5. The largest absolute Gasteiger partial charge is 0.462 e. The summed E-state index contributed by atoms with van der Waals surface area (Å²) in [7, 11) is 0. The second kappa shape index (κ2) is 16.5. The fourth-order valence-electron chi connectivity index (χ4n) is 11.1. The number of nitrogens with two attached hydrogens (primary N) is 2. The highest BCUT2D eigenvalue weighted by molar-refractivity contribution is 5.81. The normalized spacial score (nSPS) is 34.4. The first kappa shape index (κ1) is 38.4. The summed E-state index contributed by atoms with van der Waals surface area (Å²) in [6, 6.07) is 0.0593. The lowest BCUT2D eigenvalue weighted by molar-refractivity contribution is -0.153. The van der Waals surface area contributed by atoms with Crippen LogP contribution in [0.2, 0.25) is 0 Å². The van der Waals surface area contributed by atoms with Crippen molar-refractivity contribution in [3.63, 3.8) is 0 Å². The molecule has 3 saturated carbocycles. The van der Waals surface area contributed by atoms with Gasteiger partial charge in [0.1, 0.15) is 6.10 Å². The molecule has 4 rings (SSSR count). The molecule has 0 aliphatic heterocycles. The number of esters is 1. The molecule has 11 atom stereocenters. The van der Waals surface area contributed by atoms with Crippen LogP contribution in [0.3, 0.4) is 0 Å². The fourth-order valence-corrected chi connectivity index (χ4v) is 11.1. The second-order valence-corrected chi connectivity index (χ2v) is 17.7. The summed E-state index contributed by atoms with van der Waals surface area (Å²) >= 11 is 0. The SMILES string of the molecule is CCC(CCC(C)[C@H]1CC[C@H]2[C@@H]3CC=C4C[C@@H](OC(=O)CCC(=O)N(CCC(C)N)CCC(C)N)CC[C@]4(C)[C@H]3CC[C@]12C)C(C)C. The molecule has 0 aromatic carbocycles. The molecule has 4 N–H and O–H groups in total. The predicted molar refractivity (Wildman–Crippen MR) is 194 cm³/mol. The van der Waals surface area contributed by atoms with E-state index in [2.05, 4.69) is 47.6 Å². The van der Waals surface area contributed by atoms with Crippen molar-refractivity contribution >= 4 is 11.9 Å². The maximum atomic E-state index is 13.0. The zero-order valence-corrected chi connectivity index (χ0v) is 31.7. The van der Waals surface area contributed by atoms with Crippen LogP contribution in [-0.4, -0.2) is 48.1 Å². The molecule has 4 aliphatic carbocycles. The number of allylic oxidation sites excluding steroid dienone is 1. The van der Waals surface area contributed by atoms with Gasteiger partial charge in [0.25, 0.3) is 0 Å². The predicted octanol–water partition coefficient (Wildman–Crippen LogP) is 8.66. The number of carbonyl (C=O) groups excluding carboxylic acids is 2. The molecule has 6 nitrogen and oxygen atoms in total. The maximum absolute atomic E-state index is 13.0. The van der Waals surface area contributed by atoms with E-state index in [-0.39, 0.29) is 48.3 Å². The van der Waals surface area contributed by atoms with Gasteiger partial charge in [-0.25, -0.2) is 0 Å². The molecule has 0 heterocycles. The average molecular weight is 656 g/mol. The van der Waals surface area contributed by atoms with Crippen molar-refractivity contribution in [1.29, 1.82) is 0 Å². The molecule has 0 spiro atoms. The molecule has 4 unspecified atom stereocenters. The van der Waals surface area contributed by atoms with Gasteiger partial charge < -0.3 is 21.1 Å². The summed E-state index contributed by atoms with van der Waals surface area (Å²) < 4.78 is 6.05. The van der Waals surface area contributed by atoms with Gasteiger partial charge in [0.2, 0.25) is 5.91 Å². The molecule has 6 heteroatoms. The Morgan fingerprint density at radius 2 is 1.57 bits per heavy atom. The number of hydrogen-bond acceptors (Lipinski definition) is 5. The first-order valence-corrected chi connectivity index (χ1v) is 19.9. The lowest BCUT2D eigenvalue weighted by Crippen LogP contribution is -2.51. The molecule has 4 aliphatic rings. The zero-order chi connectivity index (χ0) is 34.5. The van der Waals surface area contributed by atoms with E-state index in [1.54, 1.807) is 5.57 Å². The van der Waals surface area contributed by atoms with Gasteiger partial charge in [0.05, 0.1) is 6.42 Å². The monoisotopic (exact) mass is 656 g/mol. The van der Waals surface area contributed by atoms with Crippen LogP contribution in [0.1, 0.15) is 152 Å². The van der Waals surface area contributed by atoms with Gasteiger partial charge in [-0.1, -0.05) is 66.0 Å². The zero-order valence-electron chi connectivity index (χ0n) is 31.7. The third-order valence-electron chi connectivity index (χ3n) is 14.2. The number of rotatable bonds is 16. The van der Waals surface area contributed by atoms with Crippen LogP contribution >= 0.6 is 0 Å². The maximum Gasteiger partial charge on any atom is 0.306 e. The number of carbonyl (C=O) groups is 2. The Balaban J connectivity index is 1.31. The van der Waals surface area contributed by atoms with Crippen molar-refractivity contribution in [2.75, 3.05) is 13.1 Å². The molecular formula is C41H73N3O3. The lowest BCUT2D eigenvalue weighted by atomic mass is 9.47. The Kier molecular flexibility index (Phi) is 13.5. The Morgan fingerprint density at radius 3 is 2.19 bits per heavy atom. The number of nitrogens with zero attached hydrogens (tertiary/aromatic N) is 1. The second-order valence-electron chi connectivity index (χ2n) is 17.7. The average Bonchev–Trinajstić information content (AvgIpc) is 3.37. The van der Waals surface area contributed by atoms with E-state index in [0.717, 1.165) is 73.5 Å². The van der Waals surface area contributed by atoms with E-state index in [1.165, 1.54) is 51.4 Å². The number of ether oxygens (including phenoxy) is 1. The van der Waals surface area contributed by atoms with Crippen LogP contribution < -0.4 is 11.5 Å². The van der Waals surface area contributed by atoms with Crippen molar-refractivity contribution in [2.45, 2.75) is 170 Å². The minimum absolute atomic E-state index is 0.00550. The van der Waals surface area contributed by atoms with Crippen LogP contribution in [0.15, 0.2) is 11.6 Å². The summed E-state index contributed by atoms with van der Waals surface area (Å²) in [6.07, 6.45) is 18.1. The molecule has 0 bridgehead atoms. The highest BCUT2D eigenvalue weighted by Crippen LogP contribution is 2.67. The standard InChI is InChI=1S/C41H73N3O3/c1-9-31(27(2)3)11-10-28(4)35-14-15-36-34-13-12-32-26-33(18-22-40(32,7)37(34)19-23-41(35,36)8)47-39(46)17-16-38(45)44(24-20-29(5)42)25-21-30(6)43/h12,27-31,33-37H,9-11,13-26,42-43H2,1-8H3/t28?,29?,30?,31?,33-,34-,35+,36-,37-,40-,41+/m0/s1. The van der Waals surface area contributed by atoms with Crippen molar-refractivity contribution in [3.05, 3.63) is 11.6 Å². The van der Waals surface area contributed by atoms with Gasteiger partial charge in [-0.15, -0.1) is 0 Å². The van der Waals surface area contributed by atoms with Crippen molar-refractivity contribution in [3.8, 4) is 0 Å². The van der Waals surface area contributed by atoms with Crippen LogP contribution in [0.5, 0.6) is 0 Å². The van der Waals surface area contributed by atoms with Gasteiger partial charge in [0, 0.05) is 38.0 Å². The molecule has 1 amide bonds. The van der Waals surface area contributed by atoms with Crippen molar-refractivity contribution in [2.24, 2.45) is 63.7 Å².